The molecular formula is C25H19N5. The first-order chi connectivity index (χ1) is 14.9. The topological polar surface area (TPSA) is 38.9 Å². The van der Waals surface area contributed by atoms with Gasteiger partial charge in [0.25, 0.3) is 0 Å². The summed E-state index contributed by atoms with van der Waals surface area (Å²) in [6.07, 6.45) is 4.75. The highest BCUT2D eigenvalue weighted by Crippen LogP contribution is 2.45. The van der Waals surface area contributed by atoms with Gasteiger partial charge >= 0.3 is 0 Å². The molecule has 6 rings (SSSR count). The van der Waals surface area contributed by atoms with Crippen molar-refractivity contribution in [1.29, 1.82) is 0 Å². The monoisotopic (exact) mass is 389 g/mol. The molecule has 0 saturated carbocycles. The Kier molecular flexibility index (Phi) is 3.77. The Bertz CT molecular complexity index is 1220. The summed E-state index contributed by atoms with van der Waals surface area (Å²) in [5.41, 5.74) is 5.52. The molecule has 1 aliphatic heterocycles. The fraction of sp³-hybridized carbons (Fsp3) is 0.0400. The zero-order valence-electron chi connectivity index (χ0n) is 16.3. The summed E-state index contributed by atoms with van der Waals surface area (Å²) in [5, 5.41) is 9.51. The lowest BCUT2D eigenvalue weighted by Crippen LogP contribution is -2.23. The molecule has 5 aromatic rings. The van der Waals surface area contributed by atoms with Gasteiger partial charge in [0.2, 0.25) is 0 Å². The molecule has 3 aromatic carbocycles. The highest BCUT2D eigenvalue weighted by Gasteiger charge is 2.32. The molecule has 0 spiro atoms. The summed E-state index contributed by atoms with van der Waals surface area (Å²) >= 11 is 0. The van der Waals surface area contributed by atoms with Crippen molar-refractivity contribution < 1.29 is 0 Å². The lowest BCUT2D eigenvalue weighted by molar-refractivity contribution is 0.834. The standard InChI is InChI=1S/C25H19N5/c1-4-10-21(11-5-1)28-24-19(17-26-29(24)22-12-6-2-7-13-22)16-20-18-27-30(25(20)28)23-14-8-3-9-15-23/h1-15,17-18H,16H2. The van der Waals surface area contributed by atoms with Crippen LogP contribution >= 0.6 is 0 Å². The van der Waals surface area contributed by atoms with Gasteiger partial charge in [-0.2, -0.15) is 10.2 Å². The second-order valence-electron chi connectivity index (χ2n) is 7.33. The molecule has 5 nitrogen and oxygen atoms in total. The van der Waals surface area contributed by atoms with E-state index >= 15 is 0 Å². The summed E-state index contributed by atoms with van der Waals surface area (Å²) in [6.45, 7) is 0. The van der Waals surface area contributed by atoms with Crippen molar-refractivity contribution in [1.82, 2.24) is 19.6 Å². The van der Waals surface area contributed by atoms with Crippen molar-refractivity contribution in [2.24, 2.45) is 0 Å². The fourth-order valence-electron chi connectivity index (χ4n) is 4.12. The number of aromatic nitrogens is 4. The van der Waals surface area contributed by atoms with E-state index in [0.717, 1.165) is 35.1 Å². The third-order valence-electron chi connectivity index (χ3n) is 5.45. The molecule has 30 heavy (non-hydrogen) atoms. The van der Waals surface area contributed by atoms with E-state index in [1.807, 2.05) is 64.2 Å². The quantitative estimate of drug-likeness (QED) is 0.405. The summed E-state index contributed by atoms with van der Waals surface area (Å²) < 4.78 is 4.04. The first-order valence-corrected chi connectivity index (χ1v) is 10.00. The van der Waals surface area contributed by atoms with E-state index in [1.54, 1.807) is 0 Å². The van der Waals surface area contributed by atoms with Gasteiger partial charge in [0.15, 0.2) is 0 Å². The molecule has 2 aromatic heterocycles. The zero-order chi connectivity index (χ0) is 19.9. The maximum absolute atomic E-state index is 4.75. The molecule has 0 saturated heterocycles. The van der Waals surface area contributed by atoms with Crippen LogP contribution in [0, 0.1) is 0 Å². The fourth-order valence-corrected chi connectivity index (χ4v) is 4.12. The molecule has 0 N–H and O–H groups in total. The highest BCUT2D eigenvalue weighted by molar-refractivity contribution is 5.81. The van der Waals surface area contributed by atoms with Crippen LogP contribution in [0.5, 0.6) is 0 Å². The van der Waals surface area contributed by atoms with Gasteiger partial charge in [-0.3, -0.25) is 4.90 Å². The molecule has 3 heterocycles. The molecular weight excluding hydrogens is 370 g/mol. The maximum atomic E-state index is 4.75. The van der Waals surface area contributed by atoms with Crippen LogP contribution in [0.4, 0.5) is 17.3 Å². The molecule has 0 amide bonds. The van der Waals surface area contributed by atoms with E-state index in [2.05, 4.69) is 53.4 Å². The largest absolute Gasteiger partial charge is 0.278 e. The number of fused-ring (bicyclic) bond motifs is 2. The third kappa shape index (κ3) is 2.56. The average molecular weight is 389 g/mol. The van der Waals surface area contributed by atoms with Crippen LogP contribution < -0.4 is 4.90 Å². The number of hydrogen-bond acceptors (Lipinski definition) is 3. The van der Waals surface area contributed by atoms with Crippen molar-refractivity contribution in [3.05, 3.63) is 115 Å². The first-order valence-electron chi connectivity index (χ1n) is 10.00. The van der Waals surface area contributed by atoms with Crippen molar-refractivity contribution in [3.8, 4) is 11.4 Å². The normalized spacial score (nSPS) is 12.5. The van der Waals surface area contributed by atoms with E-state index in [4.69, 9.17) is 10.2 Å². The second kappa shape index (κ2) is 6.74. The smallest absolute Gasteiger partial charge is 0.146 e. The number of rotatable bonds is 3. The van der Waals surface area contributed by atoms with Gasteiger partial charge in [-0.1, -0.05) is 54.6 Å². The molecule has 5 heteroatoms. The van der Waals surface area contributed by atoms with Crippen LogP contribution in [-0.2, 0) is 6.42 Å². The van der Waals surface area contributed by atoms with Crippen LogP contribution in [0.15, 0.2) is 103 Å². The summed E-state index contributed by atoms with van der Waals surface area (Å²) in [6, 6.07) is 31.0. The molecule has 0 atom stereocenters. The molecule has 0 fully saturated rings. The predicted octanol–water partition coefficient (Wildman–Crippen LogP) is 5.43. The molecule has 1 aliphatic rings. The Morgan fingerprint density at radius 3 is 1.33 bits per heavy atom. The van der Waals surface area contributed by atoms with Crippen LogP contribution in [0.2, 0.25) is 0 Å². The van der Waals surface area contributed by atoms with Gasteiger partial charge in [-0.05, 0) is 36.4 Å². The van der Waals surface area contributed by atoms with E-state index in [-0.39, 0.29) is 0 Å². The number of anilines is 3. The van der Waals surface area contributed by atoms with Gasteiger partial charge in [0.1, 0.15) is 11.6 Å². The van der Waals surface area contributed by atoms with E-state index < -0.39 is 0 Å². The van der Waals surface area contributed by atoms with Crippen molar-refractivity contribution in [3.63, 3.8) is 0 Å². The van der Waals surface area contributed by atoms with E-state index in [1.165, 1.54) is 11.1 Å². The minimum Gasteiger partial charge on any atom is -0.278 e. The minimum absolute atomic E-state index is 0.799. The van der Waals surface area contributed by atoms with Crippen molar-refractivity contribution in [2.45, 2.75) is 6.42 Å². The summed E-state index contributed by atoms with van der Waals surface area (Å²) in [7, 11) is 0. The van der Waals surface area contributed by atoms with Gasteiger partial charge < -0.3 is 0 Å². The summed E-state index contributed by atoms with van der Waals surface area (Å²) in [4.78, 5) is 2.27. The number of para-hydroxylation sites is 3. The van der Waals surface area contributed by atoms with Gasteiger partial charge in [-0.25, -0.2) is 9.36 Å². The lowest BCUT2D eigenvalue weighted by atomic mass is 10.0. The van der Waals surface area contributed by atoms with Crippen LogP contribution in [0.1, 0.15) is 11.1 Å². The van der Waals surface area contributed by atoms with Crippen LogP contribution in [0.3, 0.4) is 0 Å². The average Bonchev–Trinajstić information content (AvgIpc) is 3.43. The zero-order valence-corrected chi connectivity index (χ0v) is 16.3. The van der Waals surface area contributed by atoms with E-state index in [0.29, 0.717) is 0 Å². The first kappa shape index (κ1) is 16.8. The highest BCUT2D eigenvalue weighted by atomic mass is 15.4. The molecule has 0 unspecified atom stereocenters. The lowest BCUT2D eigenvalue weighted by Gasteiger charge is -2.31. The Morgan fingerprint density at radius 2 is 0.900 bits per heavy atom. The number of hydrogen-bond donors (Lipinski definition) is 0. The van der Waals surface area contributed by atoms with Gasteiger partial charge in [0.05, 0.1) is 23.8 Å². The van der Waals surface area contributed by atoms with Crippen molar-refractivity contribution >= 4 is 17.3 Å². The summed E-state index contributed by atoms with van der Waals surface area (Å²) in [5.74, 6) is 2.11. The Morgan fingerprint density at radius 1 is 0.500 bits per heavy atom. The second-order valence-corrected chi connectivity index (χ2v) is 7.33. The van der Waals surface area contributed by atoms with Crippen LogP contribution in [-0.4, -0.2) is 19.6 Å². The van der Waals surface area contributed by atoms with Gasteiger partial charge in [0, 0.05) is 23.2 Å². The molecule has 0 bridgehead atoms. The predicted molar refractivity (Wildman–Crippen MR) is 118 cm³/mol. The molecule has 0 radical (unpaired) electrons. The number of nitrogens with zero attached hydrogens (tertiary/aromatic N) is 5. The van der Waals surface area contributed by atoms with Crippen molar-refractivity contribution in [2.75, 3.05) is 4.90 Å². The minimum atomic E-state index is 0.799. The molecule has 144 valence electrons. The Labute approximate surface area is 174 Å². The third-order valence-corrected chi connectivity index (χ3v) is 5.45. The van der Waals surface area contributed by atoms with Crippen LogP contribution in [0.25, 0.3) is 11.4 Å². The Balaban J connectivity index is 1.62. The Hall–Kier alpha value is -4.12. The van der Waals surface area contributed by atoms with Gasteiger partial charge in [-0.15, -0.1) is 0 Å². The van der Waals surface area contributed by atoms with E-state index in [9.17, 15) is 0 Å². The molecule has 0 aliphatic carbocycles. The maximum Gasteiger partial charge on any atom is 0.146 e. The SMILES string of the molecule is c1ccc(N2c3c(cnn3-c3ccccc3)Cc3cnn(-c4ccccc4)c32)cc1. The number of benzene rings is 3.